The van der Waals surface area contributed by atoms with Crippen LogP contribution in [0.15, 0.2) is 11.6 Å². The second kappa shape index (κ2) is 7.73. The van der Waals surface area contributed by atoms with Crippen molar-refractivity contribution in [2.24, 2.45) is 0 Å². The summed E-state index contributed by atoms with van der Waals surface area (Å²) in [5.74, 6) is 1.36. The molecule has 0 aromatic carbocycles. The van der Waals surface area contributed by atoms with E-state index in [4.69, 9.17) is 0 Å². The lowest BCUT2D eigenvalue weighted by atomic mass is 9.85. The van der Waals surface area contributed by atoms with E-state index >= 15 is 0 Å². The Labute approximate surface area is 124 Å². The quantitative estimate of drug-likeness (QED) is 0.718. The highest BCUT2D eigenvalue weighted by molar-refractivity contribution is 8.00. The number of hydrogen-bond acceptors (Lipinski definition) is 2. The molecule has 110 valence electrons. The van der Waals surface area contributed by atoms with Crippen molar-refractivity contribution in [2.45, 2.75) is 82.4 Å². The van der Waals surface area contributed by atoms with E-state index in [0.29, 0.717) is 10.8 Å². The zero-order valence-electron chi connectivity index (χ0n) is 12.8. The van der Waals surface area contributed by atoms with Crippen LogP contribution in [0.4, 0.5) is 0 Å². The monoisotopic (exact) mass is 281 g/mol. The predicted molar refractivity (Wildman–Crippen MR) is 88.0 cm³/mol. The summed E-state index contributed by atoms with van der Waals surface area (Å²) in [7, 11) is 0. The third-order valence-electron chi connectivity index (χ3n) is 4.66. The van der Waals surface area contributed by atoms with Crippen molar-refractivity contribution in [3.8, 4) is 0 Å². The van der Waals surface area contributed by atoms with Crippen LogP contribution in [0.5, 0.6) is 0 Å². The molecular formula is C17H31NS. The maximum absolute atomic E-state index is 3.88. The van der Waals surface area contributed by atoms with E-state index < -0.39 is 0 Å². The molecule has 1 aliphatic heterocycles. The average Bonchev–Trinajstić information content (AvgIpc) is 2.79. The third kappa shape index (κ3) is 4.26. The first kappa shape index (κ1) is 15.4. The fraction of sp³-hybridized carbons (Fsp3) is 0.882. The molecule has 2 unspecified atom stereocenters. The van der Waals surface area contributed by atoms with Crippen LogP contribution in [0, 0.1) is 0 Å². The van der Waals surface area contributed by atoms with Crippen molar-refractivity contribution < 1.29 is 0 Å². The van der Waals surface area contributed by atoms with Gasteiger partial charge in [0, 0.05) is 10.8 Å². The van der Waals surface area contributed by atoms with Gasteiger partial charge in [-0.1, -0.05) is 31.4 Å². The summed E-state index contributed by atoms with van der Waals surface area (Å²) in [6.45, 7) is 5.94. The molecule has 1 heterocycles. The smallest absolute Gasteiger partial charge is 0.0425 e. The lowest BCUT2D eigenvalue weighted by molar-refractivity contribution is 0.427. The Balaban J connectivity index is 2.10. The molecule has 0 aromatic heterocycles. The van der Waals surface area contributed by atoms with Gasteiger partial charge in [0.2, 0.25) is 0 Å². The minimum absolute atomic E-state index is 0.445. The van der Waals surface area contributed by atoms with E-state index in [-0.39, 0.29) is 0 Å². The van der Waals surface area contributed by atoms with Gasteiger partial charge in [-0.05, 0) is 64.2 Å². The maximum Gasteiger partial charge on any atom is 0.0425 e. The molecule has 1 saturated heterocycles. The standard InChI is InChI=1S/C17H31NS/c1-3-13-18-16(17(2)12-9-14-19-17)15-10-7-5-4-6-8-11-15/h10,16,18H,3-9,11-14H2,1-2H3. The van der Waals surface area contributed by atoms with Gasteiger partial charge in [0.15, 0.2) is 0 Å². The van der Waals surface area contributed by atoms with Crippen LogP contribution < -0.4 is 5.32 Å². The second-order valence-electron chi connectivity index (χ2n) is 6.38. The van der Waals surface area contributed by atoms with E-state index in [1.54, 1.807) is 5.57 Å². The Kier molecular flexibility index (Phi) is 6.28. The largest absolute Gasteiger partial charge is 0.309 e. The van der Waals surface area contributed by atoms with Gasteiger partial charge >= 0.3 is 0 Å². The highest BCUT2D eigenvalue weighted by atomic mass is 32.2. The summed E-state index contributed by atoms with van der Waals surface area (Å²) in [6.07, 6.45) is 14.9. The third-order valence-corrected chi connectivity index (χ3v) is 6.25. The van der Waals surface area contributed by atoms with Crippen molar-refractivity contribution in [2.75, 3.05) is 12.3 Å². The molecule has 2 heteroatoms. The van der Waals surface area contributed by atoms with Crippen LogP contribution in [-0.4, -0.2) is 23.1 Å². The van der Waals surface area contributed by atoms with Gasteiger partial charge in [-0.2, -0.15) is 11.8 Å². The van der Waals surface area contributed by atoms with Gasteiger partial charge in [0.05, 0.1) is 0 Å². The van der Waals surface area contributed by atoms with Gasteiger partial charge in [-0.25, -0.2) is 0 Å². The molecule has 0 amide bonds. The number of thioether (sulfide) groups is 1. The van der Waals surface area contributed by atoms with E-state index in [1.807, 2.05) is 0 Å². The zero-order chi connectivity index (χ0) is 13.6. The van der Waals surface area contributed by atoms with Gasteiger partial charge < -0.3 is 5.32 Å². The van der Waals surface area contributed by atoms with E-state index in [0.717, 1.165) is 6.54 Å². The highest BCUT2D eigenvalue weighted by Crippen LogP contribution is 2.43. The van der Waals surface area contributed by atoms with Crippen LogP contribution in [0.3, 0.4) is 0 Å². The second-order valence-corrected chi connectivity index (χ2v) is 8.01. The number of nitrogens with one attached hydrogen (secondary N) is 1. The Bertz CT molecular complexity index is 292. The fourth-order valence-electron chi connectivity index (χ4n) is 3.53. The molecule has 1 aliphatic carbocycles. The topological polar surface area (TPSA) is 12.0 Å². The average molecular weight is 282 g/mol. The molecule has 0 radical (unpaired) electrons. The van der Waals surface area contributed by atoms with Gasteiger partial charge in [-0.15, -0.1) is 0 Å². The summed E-state index contributed by atoms with van der Waals surface area (Å²) in [5, 5.41) is 3.88. The van der Waals surface area contributed by atoms with Crippen LogP contribution in [-0.2, 0) is 0 Å². The van der Waals surface area contributed by atoms with Crippen molar-refractivity contribution in [3.63, 3.8) is 0 Å². The zero-order valence-corrected chi connectivity index (χ0v) is 13.7. The van der Waals surface area contributed by atoms with Crippen molar-refractivity contribution in [1.82, 2.24) is 5.32 Å². The van der Waals surface area contributed by atoms with Crippen LogP contribution in [0.25, 0.3) is 0 Å². The molecule has 19 heavy (non-hydrogen) atoms. The first-order chi connectivity index (χ1) is 9.26. The van der Waals surface area contributed by atoms with Crippen molar-refractivity contribution in [3.05, 3.63) is 11.6 Å². The summed E-state index contributed by atoms with van der Waals surface area (Å²) in [4.78, 5) is 0. The summed E-state index contributed by atoms with van der Waals surface area (Å²) in [5.41, 5.74) is 1.73. The molecule has 0 aromatic rings. The van der Waals surface area contributed by atoms with Crippen molar-refractivity contribution >= 4 is 11.8 Å². The van der Waals surface area contributed by atoms with Gasteiger partial charge in [0.25, 0.3) is 0 Å². The number of allylic oxidation sites excluding steroid dienone is 1. The number of rotatable bonds is 5. The molecule has 2 atom stereocenters. The fourth-order valence-corrected chi connectivity index (χ4v) is 4.98. The highest BCUT2D eigenvalue weighted by Gasteiger charge is 2.39. The van der Waals surface area contributed by atoms with E-state index in [9.17, 15) is 0 Å². The van der Waals surface area contributed by atoms with Crippen LogP contribution >= 0.6 is 11.8 Å². The minimum Gasteiger partial charge on any atom is -0.309 e. The van der Waals surface area contributed by atoms with Crippen molar-refractivity contribution in [1.29, 1.82) is 0 Å². The summed E-state index contributed by atoms with van der Waals surface area (Å²) in [6, 6.07) is 0.623. The first-order valence-corrected chi connectivity index (χ1v) is 9.31. The molecule has 1 fully saturated rings. The Morgan fingerprint density at radius 2 is 2.11 bits per heavy atom. The first-order valence-electron chi connectivity index (χ1n) is 8.32. The molecule has 1 nitrogen and oxygen atoms in total. The predicted octanol–water partition coefficient (Wildman–Crippen LogP) is 4.92. The minimum atomic E-state index is 0.445. The molecule has 0 bridgehead atoms. The molecule has 1 N–H and O–H groups in total. The SMILES string of the molecule is CCCNC(C1=CCCCCCC1)C1(C)CCCS1. The van der Waals surface area contributed by atoms with E-state index in [1.165, 1.54) is 63.5 Å². The molecule has 0 spiro atoms. The normalized spacial score (nSPS) is 30.5. The molecule has 2 aliphatic rings. The maximum atomic E-state index is 3.88. The lowest BCUT2D eigenvalue weighted by Gasteiger charge is -2.37. The Morgan fingerprint density at radius 1 is 1.26 bits per heavy atom. The number of hydrogen-bond donors (Lipinski definition) is 1. The molecule has 0 saturated carbocycles. The summed E-state index contributed by atoms with van der Waals surface area (Å²) < 4.78 is 0.445. The van der Waals surface area contributed by atoms with E-state index in [2.05, 4.69) is 37.0 Å². The Hall–Kier alpha value is 0.0500. The van der Waals surface area contributed by atoms with Gasteiger partial charge in [0.1, 0.15) is 0 Å². The van der Waals surface area contributed by atoms with Crippen LogP contribution in [0.1, 0.15) is 71.6 Å². The summed E-state index contributed by atoms with van der Waals surface area (Å²) >= 11 is 2.21. The Morgan fingerprint density at radius 3 is 2.84 bits per heavy atom. The van der Waals surface area contributed by atoms with Crippen LogP contribution in [0.2, 0.25) is 0 Å². The molecular weight excluding hydrogens is 250 g/mol. The lowest BCUT2D eigenvalue weighted by Crippen LogP contribution is -2.47. The molecule has 2 rings (SSSR count). The van der Waals surface area contributed by atoms with Gasteiger partial charge in [-0.3, -0.25) is 0 Å².